The van der Waals surface area contributed by atoms with Crippen LogP contribution in [0, 0.1) is 34.0 Å². The second-order valence-electron chi connectivity index (χ2n) is 15.1. The minimum atomic E-state index is -0.698. The third kappa shape index (κ3) is 6.16. The van der Waals surface area contributed by atoms with Crippen LogP contribution in [0.15, 0.2) is 12.7 Å². The molecule has 0 aromatic rings. The first kappa shape index (κ1) is 33.3. The summed E-state index contributed by atoms with van der Waals surface area (Å²) in [4.78, 5) is 39.2. The van der Waals surface area contributed by atoms with Crippen molar-refractivity contribution in [3.8, 4) is 0 Å². The van der Waals surface area contributed by atoms with Crippen LogP contribution in [0.25, 0.3) is 0 Å². The first-order valence-corrected chi connectivity index (χ1v) is 16.8. The number of esters is 1. The van der Waals surface area contributed by atoms with Crippen LogP contribution in [0.3, 0.4) is 0 Å². The number of ketones is 1. The number of hydrogen-bond donors (Lipinski definition) is 3. The molecule has 8 nitrogen and oxygen atoms in total. The van der Waals surface area contributed by atoms with E-state index in [1.165, 1.54) is 11.8 Å². The Balaban J connectivity index is 1.45. The van der Waals surface area contributed by atoms with Crippen LogP contribution < -0.4 is 5.32 Å². The molecule has 4 aliphatic carbocycles. The maximum absolute atomic E-state index is 13.6. The van der Waals surface area contributed by atoms with Crippen molar-refractivity contribution in [1.29, 1.82) is 0 Å². The number of thioether (sulfide) groups is 1. The fourth-order valence-corrected chi connectivity index (χ4v) is 9.84. The van der Waals surface area contributed by atoms with E-state index in [1.54, 1.807) is 6.08 Å². The van der Waals surface area contributed by atoms with Gasteiger partial charge in [-0.2, -0.15) is 0 Å². The second-order valence-corrected chi connectivity index (χ2v) is 16.4. The van der Waals surface area contributed by atoms with Crippen LogP contribution in [0.4, 0.5) is 4.79 Å². The summed E-state index contributed by atoms with van der Waals surface area (Å²) in [5, 5.41) is 25.2. The van der Waals surface area contributed by atoms with Gasteiger partial charge in [-0.1, -0.05) is 33.8 Å². The Morgan fingerprint density at radius 3 is 2.45 bits per heavy atom. The summed E-state index contributed by atoms with van der Waals surface area (Å²) in [6.07, 6.45) is 4.63. The normalized spacial score (nSPS) is 43.9. The molecule has 11 atom stereocenters. The number of aliphatic hydroxyl groups is 2. The molecule has 0 radical (unpaired) electrons. The highest BCUT2D eigenvalue weighted by molar-refractivity contribution is 8.00. The van der Waals surface area contributed by atoms with E-state index in [1.807, 2.05) is 27.7 Å². The minimum absolute atomic E-state index is 0.0718. The van der Waals surface area contributed by atoms with Crippen molar-refractivity contribution in [2.75, 3.05) is 5.75 Å². The van der Waals surface area contributed by atoms with Crippen molar-refractivity contribution in [3.63, 3.8) is 0 Å². The van der Waals surface area contributed by atoms with Crippen molar-refractivity contribution in [1.82, 2.24) is 5.32 Å². The molecule has 4 aliphatic rings. The smallest absolute Gasteiger partial charge is 0.407 e. The lowest BCUT2D eigenvalue weighted by Crippen LogP contribution is -2.63. The predicted octanol–water partition coefficient (Wildman–Crippen LogP) is 5.43. The van der Waals surface area contributed by atoms with Gasteiger partial charge >= 0.3 is 12.1 Å². The molecule has 0 saturated heterocycles. The second kappa shape index (κ2) is 12.1. The molecule has 2 bridgehead atoms. The summed E-state index contributed by atoms with van der Waals surface area (Å²) in [5.74, 6) is -0.198. The molecule has 0 aromatic heterocycles. The number of amides is 1. The first-order chi connectivity index (χ1) is 19.5. The fourth-order valence-electron chi connectivity index (χ4n) is 8.79. The molecule has 0 heterocycles. The van der Waals surface area contributed by atoms with E-state index in [2.05, 4.69) is 32.7 Å². The molecule has 0 aliphatic heterocycles. The number of ether oxygens (including phenoxy) is 2. The minimum Gasteiger partial charge on any atom is -0.461 e. The SMILES string of the molecule is C=CC1(C)CC(OC(=O)CSC2CCC(NC(=O)OC(C)(C)C)CC2O)C2(C)C(C)CCC3(CCC(=O)C32)C(C)C1O. The highest BCUT2D eigenvalue weighted by Crippen LogP contribution is 2.68. The summed E-state index contributed by atoms with van der Waals surface area (Å²) in [5.41, 5.74) is -2.12. The predicted molar refractivity (Wildman–Crippen MR) is 164 cm³/mol. The Hall–Kier alpha value is -1.58. The average molecular weight is 608 g/mol. The number of Topliss-reactive ketones (excluding diaryl/α,β-unsaturated/α-hetero) is 1. The Labute approximate surface area is 256 Å². The average Bonchev–Trinajstić information content (AvgIpc) is 3.25. The number of rotatable bonds is 6. The third-order valence-corrected chi connectivity index (χ3v) is 12.8. The zero-order valence-corrected chi connectivity index (χ0v) is 27.4. The molecule has 0 aromatic carbocycles. The molecular weight excluding hydrogens is 554 g/mol. The molecule has 238 valence electrons. The number of carbonyl (C=O) groups excluding carboxylic acids is 3. The maximum atomic E-state index is 13.6. The van der Waals surface area contributed by atoms with Gasteiger partial charge in [0.2, 0.25) is 0 Å². The largest absolute Gasteiger partial charge is 0.461 e. The Kier molecular flexibility index (Phi) is 9.58. The summed E-state index contributed by atoms with van der Waals surface area (Å²) in [6, 6.07) is -0.184. The molecule has 4 fully saturated rings. The monoisotopic (exact) mass is 607 g/mol. The van der Waals surface area contributed by atoms with Gasteiger partial charge in [-0.05, 0) is 83.0 Å². The zero-order chi connectivity index (χ0) is 31.3. The molecule has 11 unspecified atom stereocenters. The van der Waals surface area contributed by atoms with Crippen LogP contribution in [-0.2, 0) is 19.1 Å². The van der Waals surface area contributed by atoms with Crippen LogP contribution >= 0.6 is 11.8 Å². The van der Waals surface area contributed by atoms with Crippen molar-refractivity contribution in [3.05, 3.63) is 12.7 Å². The van der Waals surface area contributed by atoms with Crippen molar-refractivity contribution in [2.24, 2.45) is 34.0 Å². The van der Waals surface area contributed by atoms with Crippen molar-refractivity contribution < 1.29 is 34.1 Å². The summed E-state index contributed by atoms with van der Waals surface area (Å²) < 4.78 is 11.7. The Morgan fingerprint density at radius 2 is 1.83 bits per heavy atom. The molecule has 4 rings (SSSR count). The highest BCUT2D eigenvalue weighted by atomic mass is 32.2. The van der Waals surface area contributed by atoms with Gasteiger partial charge in [-0.25, -0.2) is 4.79 Å². The summed E-state index contributed by atoms with van der Waals surface area (Å²) >= 11 is 1.39. The van der Waals surface area contributed by atoms with Crippen LogP contribution in [0.5, 0.6) is 0 Å². The van der Waals surface area contributed by atoms with Crippen molar-refractivity contribution >= 4 is 29.6 Å². The van der Waals surface area contributed by atoms with E-state index in [9.17, 15) is 24.6 Å². The summed E-state index contributed by atoms with van der Waals surface area (Å²) in [7, 11) is 0. The number of alkyl carbamates (subject to hydrolysis) is 1. The zero-order valence-electron chi connectivity index (χ0n) is 26.6. The lowest BCUT2D eigenvalue weighted by atomic mass is 9.44. The van der Waals surface area contributed by atoms with E-state index < -0.39 is 40.8 Å². The first-order valence-electron chi connectivity index (χ1n) is 15.8. The van der Waals surface area contributed by atoms with Gasteiger partial charge in [-0.15, -0.1) is 18.3 Å². The molecule has 42 heavy (non-hydrogen) atoms. The van der Waals surface area contributed by atoms with Gasteiger partial charge in [0, 0.05) is 34.5 Å². The van der Waals surface area contributed by atoms with Gasteiger partial charge in [0.1, 0.15) is 17.5 Å². The van der Waals surface area contributed by atoms with Gasteiger partial charge in [-0.3, -0.25) is 9.59 Å². The lowest BCUT2D eigenvalue weighted by molar-refractivity contribution is -0.205. The van der Waals surface area contributed by atoms with Crippen LogP contribution in [-0.4, -0.2) is 69.0 Å². The fraction of sp³-hybridized carbons (Fsp3) is 0.848. The number of carbonyl (C=O) groups is 3. The lowest BCUT2D eigenvalue weighted by Gasteiger charge is -2.61. The quantitative estimate of drug-likeness (QED) is 0.270. The molecule has 9 heteroatoms. The molecule has 0 spiro atoms. The third-order valence-electron chi connectivity index (χ3n) is 11.5. The Bertz CT molecular complexity index is 1060. The molecule has 4 saturated carbocycles. The van der Waals surface area contributed by atoms with Gasteiger partial charge in [0.25, 0.3) is 0 Å². The Morgan fingerprint density at radius 1 is 1.14 bits per heavy atom. The van der Waals surface area contributed by atoms with Gasteiger partial charge in [0.15, 0.2) is 0 Å². The molecule has 1 amide bonds. The van der Waals surface area contributed by atoms with E-state index in [0.717, 1.165) is 19.3 Å². The maximum Gasteiger partial charge on any atom is 0.407 e. The molecule has 3 N–H and O–H groups in total. The van der Waals surface area contributed by atoms with E-state index in [-0.39, 0.29) is 52.0 Å². The number of aliphatic hydroxyl groups excluding tert-OH is 2. The van der Waals surface area contributed by atoms with Crippen LogP contribution in [0.2, 0.25) is 0 Å². The molecular formula is C33H53NO7S. The summed E-state index contributed by atoms with van der Waals surface area (Å²) in [6.45, 7) is 17.9. The topological polar surface area (TPSA) is 122 Å². The number of nitrogens with one attached hydrogen (secondary N) is 1. The van der Waals surface area contributed by atoms with E-state index >= 15 is 0 Å². The van der Waals surface area contributed by atoms with E-state index in [0.29, 0.717) is 32.1 Å². The standard InChI is InChI=1S/C33H53NO7S/c1-9-31(7)17-25(32(8)19(2)12-14-33(20(3)28(31)38)15-13-22(35)27(32)33)40-26(37)18-42-24-11-10-21(16-23(24)36)34-29(39)41-30(4,5)6/h9,19-21,23-25,27-28,36,38H,1,10-18H2,2-8H3,(H,34,39). The highest BCUT2D eigenvalue weighted by Gasteiger charge is 2.68. The van der Waals surface area contributed by atoms with Gasteiger partial charge in [0.05, 0.1) is 18.0 Å². The van der Waals surface area contributed by atoms with Gasteiger partial charge < -0.3 is 25.0 Å². The van der Waals surface area contributed by atoms with Crippen molar-refractivity contribution in [2.45, 2.75) is 135 Å². The van der Waals surface area contributed by atoms with Crippen LogP contribution in [0.1, 0.15) is 99.8 Å². The van der Waals surface area contributed by atoms with E-state index in [4.69, 9.17) is 9.47 Å². The number of hydrogen-bond acceptors (Lipinski definition) is 8.